The van der Waals surface area contributed by atoms with Crippen LogP contribution in [0.2, 0.25) is 0 Å². The normalized spacial score (nSPS) is 15.9. The van der Waals surface area contributed by atoms with Crippen LogP contribution >= 0.6 is 0 Å². The third-order valence-corrected chi connectivity index (χ3v) is 7.55. The molecule has 1 heterocycles. The second-order valence-electron chi connectivity index (χ2n) is 7.71. The Morgan fingerprint density at radius 3 is 2.30 bits per heavy atom. The van der Waals surface area contributed by atoms with E-state index >= 15 is 0 Å². The molecule has 0 bridgehead atoms. The Hall–Kier alpha value is -3.29. The number of hydrogen-bond donors (Lipinski definition) is 1. The van der Waals surface area contributed by atoms with Gasteiger partial charge in [0.2, 0.25) is 15.9 Å². The van der Waals surface area contributed by atoms with Gasteiger partial charge in [-0.05, 0) is 54.8 Å². The zero-order valence-corrected chi connectivity index (χ0v) is 18.8. The van der Waals surface area contributed by atoms with E-state index in [-0.39, 0.29) is 30.3 Å². The molecule has 3 rings (SSSR count). The number of carbonyl (C=O) groups is 2. The van der Waals surface area contributed by atoms with Gasteiger partial charge >= 0.3 is 5.97 Å². The molecule has 174 valence electrons. The standard InChI is InChI=1S/C23H24FN3O5S/c1-32-22(28)14-21(17-4-6-19(24)7-5-17)26-23(29)18-10-12-27(13-11-18)33(30,31)20-8-2-16(15-25)3-9-20/h2-9,18,21H,10-14H2,1H3,(H,26,29). The maximum Gasteiger partial charge on any atom is 0.307 e. The van der Waals surface area contributed by atoms with Gasteiger partial charge in [0.05, 0.1) is 36.1 Å². The molecule has 1 aliphatic heterocycles. The summed E-state index contributed by atoms with van der Waals surface area (Å²) in [5.74, 6) is -1.69. The van der Waals surface area contributed by atoms with E-state index in [9.17, 15) is 22.4 Å². The molecule has 0 aromatic heterocycles. The lowest BCUT2D eigenvalue weighted by Crippen LogP contribution is -2.44. The molecule has 0 radical (unpaired) electrons. The van der Waals surface area contributed by atoms with E-state index in [0.717, 1.165) is 0 Å². The number of piperidine rings is 1. The van der Waals surface area contributed by atoms with Crippen LogP contribution in [-0.2, 0) is 24.3 Å². The van der Waals surface area contributed by atoms with Gasteiger partial charge in [-0.25, -0.2) is 12.8 Å². The third-order valence-electron chi connectivity index (χ3n) is 5.63. The molecule has 1 amide bonds. The number of carbonyl (C=O) groups excluding carboxylic acids is 2. The average Bonchev–Trinajstić information content (AvgIpc) is 2.84. The van der Waals surface area contributed by atoms with Crippen LogP contribution in [0.25, 0.3) is 0 Å². The Morgan fingerprint density at radius 2 is 1.76 bits per heavy atom. The van der Waals surface area contributed by atoms with Crippen LogP contribution in [0.3, 0.4) is 0 Å². The molecule has 1 atom stereocenters. The number of amides is 1. The number of halogens is 1. The molecule has 2 aromatic rings. The molecule has 8 nitrogen and oxygen atoms in total. The van der Waals surface area contributed by atoms with Gasteiger partial charge in [-0.15, -0.1) is 0 Å². The van der Waals surface area contributed by atoms with Gasteiger partial charge in [-0.2, -0.15) is 9.57 Å². The zero-order valence-electron chi connectivity index (χ0n) is 18.0. The number of nitrogens with zero attached hydrogens (tertiary/aromatic N) is 2. The summed E-state index contributed by atoms with van der Waals surface area (Å²) in [7, 11) is -2.48. The summed E-state index contributed by atoms with van der Waals surface area (Å²) in [6, 6.07) is 12.4. The van der Waals surface area contributed by atoms with Crippen molar-refractivity contribution in [3.63, 3.8) is 0 Å². The van der Waals surface area contributed by atoms with Crippen molar-refractivity contribution in [3.05, 3.63) is 65.5 Å². The Labute approximate surface area is 192 Å². The zero-order chi connectivity index (χ0) is 24.0. The molecule has 10 heteroatoms. The van der Waals surface area contributed by atoms with Crippen molar-refractivity contribution in [1.29, 1.82) is 5.26 Å². The largest absolute Gasteiger partial charge is 0.469 e. The summed E-state index contributed by atoms with van der Waals surface area (Å²) >= 11 is 0. The molecular weight excluding hydrogens is 449 g/mol. The molecule has 2 aromatic carbocycles. The third kappa shape index (κ3) is 5.94. The summed E-state index contributed by atoms with van der Waals surface area (Å²) in [5.41, 5.74) is 0.933. The molecule has 0 aliphatic carbocycles. The predicted molar refractivity (Wildman–Crippen MR) is 117 cm³/mol. The average molecular weight is 474 g/mol. The number of benzene rings is 2. The van der Waals surface area contributed by atoms with E-state index in [1.165, 1.54) is 59.9 Å². The fraction of sp³-hybridized carbons (Fsp3) is 0.348. The van der Waals surface area contributed by atoms with Crippen LogP contribution in [0.5, 0.6) is 0 Å². The van der Waals surface area contributed by atoms with Crippen LogP contribution in [0, 0.1) is 23.1 Å². The molecule has 33 heavy (non-hydrogen) atoms. The van der Waals surface area contributed by atoms with Crippen molar-refractivity contribution in [2.24, 2.45) is 5.92 Å². The highest BCUT2D eigenvalue weighted by atomic mass is 32.2. The first-order chi connectivity index (χ1) is 15.7. The topological polar surface area (TPSA) is 117 Å². The molecule has 0 saturated carbocycles. The maximum absolute atomic E-state index is 13.3. The van der Waals surface area contributed by atoms with Crippen LogP contribution in [0.4, 0.5) is 4.39 Å². The van der Waals surface area contributed by atoms with E-state index in [1.807, 2.05) is 6.07 Å². The monoisotopic (exact) mass is 473 g/mol. The van der Waals surface area contributed by atoms with Gasteiger partial charge < -0.3 is 10.1 Å². The molecule has 1 unspecified atom stereocenters. The minimum atomic E-state index is -3.73. The number of methoxy groups -OCH3 is 1. The fourth-order valence-electron chi connectivity index (χ4n) is 3.70. The highest BCUT2D eigenvalue weighted by Crippen LogP contribution is 2.26. The molecule has 0 spiro atoms. The molecule has 1 saturated heterocycles. The second kappa shape index (κ2) is 10.6. The van der Waals surface area contributed by atoms with Gasteiger partial charge in [0, 0.05) is 19.0 Å². The number of nitriles is 1. The first-order valence-electron chi connectivity index (χ1n) is 10.4. The predicted octanol–water partition coefficient (Wildman–Crippen LogP) is 2.52. The molecular formula is C23H24FN3O5S. The van der Waals surface area contributed by atoms with Crippen LogP contribution < -0.4 is 5.32 Å². The second-order valence-corrected chi connectivity index (χ2v) is 9.65. The minimum Gasteiger partial charge on any atom is -0.469 e. The Balaban J connectivity index is 1.65. The van der Waals surface area contributed by atoms with Crippen molar-refractivity contribution in [1.82, 2.24) is 9.62 Å². The fourth-order valence-corrected chi connectivity index (χ4v) is 5.17. The van der Waals surface area contributed by atoms with Gasteiger partial charge in [-0.3, -0.25) is 9.59 Å². The van der Waals surface area contributed by atoms with Crippen molar-refractivity contribution >= 4 is 21.9 Å². The SMILES string of the molecule is COC(=O)CC(NC(=O)C1CCN(S(=O)(=O)c2ccc(C#N)cc2)CC1)c1ccc(F)cc1. The number of rotatable bonds is 7. The highest BCUT2D eigenvalue weighted by Gasteiger charge is 2.33. The lowest BCUT2D eigenvalue weighted by molar-refractivity contribution is -0.141. The lowest BCUT2D eigenvalue weighted by Gasteiger charge is -2.31. The van der Waals surface area contributed by atoms with Crippen molar-refractivity contribution in [2.45, 2.75) is 30.2 Å². The number of esters is 1. The number of ether oxygens (including phenoxy) is 1. The van der Waals surface area contributed by atoms with Crippen LogP contribution in [0.15, 0.2) is 53.4 Å². The van der Waals surface area contributed by atoms with E-state index < -0.39 is 33.8 Å². The summed E-state index contributed by atoms with van der Waals surface area (Å²) in [6.45, 7) is 0.331. The van der Waals surface area contributed by atoms with Crippen molar-refractivity contribution < 1.29 is 27.1 Å². The molecule has 1 N–H and O–H groups in total. The van der Waals surface area contributed by atoms with Crippen LogP contribution in [0.1, 0.15) is 36.4 Å². The molecule has 1 fully saturated rings. The highest BCUT2D eigenvalue weighted by molar-refractivity contribution is 7.89. The quantitative estimate of drug-likeness (QED) is 0.618. The van der Waals surface area contributed by atoms with E-state index in [4.69, 9.17) is 10.00 Å². The summed E-state index contributed by atoms with van der Waals surface area (Å²) in [4.78, 5) is 24.8. The number of hydrogen-bond acceptors (Lipinski definition) is 6. The van der Waals surface area contributed by atoms with E-state index in [2.05, 4.69) is 5.32 Å². The minimum absolute atomic E-state index is 0.0962. The van der Waals surface area contributed by atoms with Crippen LogP contribution in [-0.4, -0.2) is 44.8 Å². The van der Waals surface area contributed by atoms with Crippen molar-refractivity contribution in [2.75, 3.05) is 20.2 Å². The maximum atomic E-state index is 13.3. The van der Waals surface area contributed by atoms with Crippen molar-refractivity contribution in [3.8, 4) is 6.07 Å². The molecule has 1 aliphatic rings. The summed E-state index contributed by atoms with van der Waals surface area (Å²) < 4.78 is 45.0. The van der Waals surface area contributed by atoms with Gasteiger partial charge in [0.1, 0.15) is 5.82 Å². The summed E-state index contributed by atoms with van der Waals surface area (Å²) in [5, 5.41) is 11.7. The first kappa shape index (κ1) is 24.4. The Kier molecular flexibility index (Phi) is 7.79. The number of sulfonamides is 1. The van der Waals surface area contributed by atoms with Gasteiger partial charge in [0.25, 0.3) is 0 Å². The summed E-state index contributed by atoms with van der Waals surface area (Å²) in [6.07, 6.45) is 0.519. The smallest absolute Gasteiger partial charge is 0.307 e. The Morgan fingerprint density at radius 1 is 1.15 bits per heavy atom. The number of nitrogens with one attached hydrogen (secondary N) is 1. The van der Waals surface area contributed by atoms with E-state index in [1.54, 1.807) is 0 Å². The van der Waals surface area contributed by atoms with Gasteiger partial charge in [-0.1, -0.05) is 12.1 Å². The van der Waals surface area contributed by atoms with E-state index in [0.29, 0.717) is 24.0 Å². The Bertz CT molecular complexity index is 1140. The van der Waals surface area contributed by atoms with Gasteiger partial charge in [0.15, 0.2) is 0 Å². The first-order valence-corrected chi connectivity index (χ1v) is 11.8. The lowest BCUT2D eigenvalue weighted by atomic mass is 9.95.